The van der Waals surface area contributed by atoms with Gasteiger partial charge in [-0.2, -0.15) is 0 Å². The van der Waals surface area contributed by atoms with Crippen LogP contribution in [0.1, 0.15) is 25.3 Å². The average Bonchev–Trinajstić information content (AvgIpc) is 2.45. The number of aryl methyl sites for hydroxylation is 1. The van der Waals surface area contributed by atoms with E-state index in [1.165, 1.54) is 11.3 Å². The van der Waals surface area contributed by atoms with Gasteiger partial charge in [-0.25, -0.2) is 0 Å². The third-order valence-corrected chi connectivity index (χ3v) is 3.90. The van der Waals surface area contributed by atoms with Crippen LogP contribution in [0.2, 0.25) is 0 Å². The summed E-state index contributed by atoms with van der Waals surface area (Å²) in [7, 11) is 0. The van der Waals surface area contributed by atoms with Crippen molar-refractivity contribution in [3.8, 4) is 0 Å². The number of para-hydroxylation sites is 1. The summed E-state index contributed by atoms with van der Waals surface area (Å²) in [6.45, 7) is 7.53. The zero-order valence-corrected chi connectivity index (χ0v) is 12.5. The number of anilines is 1. The average molecular weight is 275 g/mol. The molecule has 0 saturated carbocycles. The van der Waals surface area contributed by atoms with Crippen molar-refractivity contribution in [2.24, 2.45) is 5.73 Å². The molecule has 4 heteroatoms. The number of benzene rings is 1. The maximum atomic E-state index is 12.1. The highest BCUT2D eigenvalue weighted by Gasteiger charge is 2.21. The van der Waals surface area contributed by atoms with E-state index in [4.69, 9.17) is 5.73 Å². The second-order valence-electron chi connectivity index (χ2n) is 5.67. The summed E-state index contributed by atoms with van der Waals surface area (Å²) in [4.78, 5) is 16.4. The molecule has 0 aromatic heterocycles. The molecule has 2 N–H and O–H groups in total. The summed E-state index contributed by atoms with van der Waals surface area (Å²) in [5.74, 6) is 0.242. The molecule has 110 valence electrons. The molecule has 1 heterocycles. The highest BCUT2D eigenvalue weighted by atomic mass is 16.2. The minimum absolute atomic E-state index is 0.104. The van der Waals surface area contributed by atoms with Crippen molar-refractivity contribution in [1.82, 2.24) is 4.90 Å². The Kier molecular flexibility index (Phi) is 5.01. The first-order chi connectivity index (χ1) is 9.58. The van der Waals surface area contributed by atoms with Gasteiger partial charge in [0.2, 0.25) is 5.91 Å². The summed E-state index contributed by atoms with van der Waals surface area (Å²) in [5, 5.41) is 0. The molecule has 0 spiro atoms. The molecular formula is C16H25N3O. The van der Waals surface area contributed by atoms with E-state index in [-0.39, 0.29) is 11.9 Å². The molecular weight excluding hydrogens is 250 g/mol. The Balaban J connectivity index is 1.86. The molecule has 1 saturated heterocycles. The zero-order valence-electron chi connectivity index (χ0n) is 12.5. The second-order valence-corrected chi connectivity index (χ2v) is 5.67. The molecule has 1 aliphatic heterocycles. The number of carbonyl (C=O) groups is 1. The number of carbonyl (C=O) groups excluding carboxylic acids is 1. The van der Waals surface area contributed by atoms with Gasteiger partial charge in [0, 0.05) is 44.3 Å². The monoisotopic (exact) mass is 275 g/mol. The lowest BCUT2D eigenvalue weighted by Gasteiger charge is -2.37. The van der Waals surface area contributed by atoms with E-state index in [2.05, 4.69) is 36.1 Å². The highest BCUT2D eigenvalue weighted by molar-refractivity contribution is 5.76. The van der Waals surface area contributed by atoms with Gasteiger partial charge in [0.1, 0.15) is 0 Å². The number of nitrogens with two attached hydrogens (primary N) is 1. The number of nitrogens with zero attached hydrogens (tertiary/aromatic N) is 2. The third kappa shape index (κ3) is 3.73. The Morgan fingerprint density at radius 1 is 1.25 bits per heavy atom. The minimum Gasteiger partial charge on any atom is -0.368 e. The Bertz CT molecular complexity index is 451. The molecule has 1 aromatic rings. The molecule has 4 nitrogen and oxygen atoms in total. The van der Waals surface area contributed by atoms with Crippen LogP contribution in [-0.2, 0) is 4.79 Å². The first kappa shape index (κ1) is 14.9. The normalized spacial score (nSPS) is 17.1. The maximum Gasteiger partial charge on any atom is 0.222 e. The van der Waals surface area contributed by atoms with Gasteiger partial charge in [-0.1, -0.05) is 18.2 Å². The van der Waals surface area contributed by atoms with E-state index in [1.54, 1.807) is 0 Å². The quantitative estimate of drug-likeness (QED) is 0.911. The van der Waals surface area contributed by atoms with Crippen LogP contribution in [-0.4, -0.2) is 43.0 Å². The molecule has 1 atom stereocenters. The topological polar surface area (TPSA) is 49.6 Å². The largest absolute Gasteiger partial charge is 0.368 e. The minimum atomic E-state index is 0.104. The fourth-order valence-corrected chi connectivity index (χ4v) is 2.62. The van der Waals surface area contributed by atoms with Crippen LogP contribution in [0.25, 0.3) is 0 Å². The van der Waals surface area contributed by atoms with Gasteiger partial charge in [-0.15, -0.1) is 0 Å². The molecule has 0 bridgehead atoms. The summed E-state index contributed by atoms with van der Waals surface area (Å²) >= 11 is 0. The lowest BCUT2D eigenvalue weighted by atomic mass is 10.1. The van der Waals surface area contributed by atoms with Crippen molar-refractivity contribution in [3.63, 3.8) is 0 Å². The summed E-state index contributed by atoms with van der Waals surface area (Å²) in [6.07, 6.45) is 1.35. The Morgan fingerprint density at radius 3 is 2.50 bits per heavy atom. The Morgan fingerprint density at radius 2 is 1.90 bits per heavy atom. The second kappa shape index (κ2) is 6.75. The van der Waals surface area contributed by atoms with E-state index in [0.29, 0.717) is 6.42 Å². The van der Waals surface area contributed by atoms with Crippen LogP contribution >= 0.6 is 0 Å². The van der Waals surface area contributed by atoms with Gasteiger partial charge in [0.05, 0.1) is 0 Å². The predicted molar refractivity (Wildman–Crippen MR) is 82.9 cm³/mol. The van der Waals surface area contributed by atoms with Crippen molar-refractivity contribution < 1.29 is 4.79 Å². The van der Waals surface area contributed by atoms with Crippen LogP contribution in [0.15, 0.2) is 24.3 Å². The highest BCUT2D eigenvalue weighted by Crippen LogP contribution is 2.21. The first-order valence-corrected chi connectivity index (χ1v) is 7.42. The number of amides is 1. The summed E-state index contributed by atoms with van der Waals surface area (Å²) in [6, 6.07) is 8.53. The Hall–Kier alpha value is -1.55. The zero-order chi connectivity index (χ0) is 14.5. The predicted octanol–water partition coefficient (Wildman–Crippen LogP) is 1.77. The summed E-state index contributed by atoms with van der Waals surface area (Å²) < 4.78 is 0. The third-order valence-electron chi connectivity index (χ3n) is 3.90. The molecule has 1 fully saturated rings. The van der Waals surface area contributed by atoms with Gasteiger partial charge >= 0.3 is 0 Å². The number of hydrogen-bond acceptors (Lipinski definition) is 3. The maximum absolute atomic E-state index is 12.1. The van der Waals surface area contributed by atoms with Crippen molar-refractivity contribution in [2.75, 3.05) is 31.1 Å². The molecule has 2 rings (SSSR count). The molecule has 1 unspecified atom stereocenters. The van der Waals surface area contributed by atoms with Crippen molar-refractivity contribution in [2.45, 2.75) is 32.7 Å². The number of piperazine rings is 1. The smallest absolute Gasteiger partial charge is 0.222 e. The van der Waals surface area contributed by atoms with Crippen LogP contribution in [0, 0.1) is 6.92 Å². The molecule has 1 aliphatic rings. The van der Waals surface area contributed by atoms with Crippen LogP contribution in [0.3, 0.4) is 0 Å². The van der Waals surface area contributed by atoms with Crippen LogP contribution < -0.4 is 10.6 Å². The van der Waals surface area contributed by atoms with Gasteiger partial charge in [-0.3, -0.25) is 4.79 Å². The standard InChI is InChI=1S/C16H25N3O/c1-13-5-3-4-6-15(13)18-9-11-19(12-10-18)16(20)8-7-14(2)17/h3-6,14H,7-12,17H2,1-2H3. The SMILES string of the molecule is Cc1ccccc1N1CCN(C(=O)CCC(C)N)CC1. The first-order valence-electron chi connectivity index (χ1n) is 7.42. The molecule has 1 aromatic carbocycles. The van der Waals surface area contributed by atoms with E-state index >= 15 is 0 Å². The van der Waals surface area contributed by atoms with Crippen LogP contribution in [0.5, 0.6) is 0 Å². The number of rotatable bonds is 4. The van der Waals surface area contributed by atoms with E-state index in [0.717, 1.165) is 32.6 Å². The van der Waals surface area contributed by atoms with E-state index in [1.807, 2.05) is 11.8 Å². The van der Waals surface area contributed by atoms with E-state index in [9.17, 15) is 4.79 Å². The molecule has 20 heavy (non-hydrogen) atoms. The van der Waals surface area contributed by atoms with Gasteiger partial charge in [0.25, 0.3) is 0 Å². The van der Waals surface area contributed by atoms with Gasteiger partial charge < -0.3 is 15.5 Å². The lowest BCUT2D eigenvalue weighted by Crippen LogP contribution is -2.49. The molecule has 0 aliphatic carbocycles. The molecule has 1 amide bonds. The summed E-state index contributed by atoms with van der Waals surface area (Å²) in [5.41, 5.74) is 8.29. The molecule has 0 radical (unpaired) electrons. The van der Waals surface area contributed by atoms with Gasteiger partial charge in [-0.05, 0) is 31.9 Å². The van der Waals surface area contributed by atoms with E-state index < -0.39 is 0 Å². The van der Waals surface area contributed by atoms with Crippen LogP contribution in [0.4, 0.5) is 5.69 Å². The Labute approximate surface area is 121 Å². The lowest BCUT2D eigenvalue weighted by molar-refractivity contribution is -0.131. The fourth-order valence-electron chi connectivity index (χ4n) is 2.62. The van der Waals surface area contributed by atoms with Crippen molar-refractivity contribution in [1.29, 1.82) is 0 Å². The fraction of sp³-hybridized carbons (Fsp3) is 0.562. The van der Waals surface area contributed by atoms with Gasteiger partial charge in [0.15, 0.2) is 0 Å². The van der Waals surface area contributed by atoms with Crippen molar-refractivity contribution in [3.05, 3.63) is 29.8 Å². The number of hydrogen-bond donors (Lipinski definition) is 1. The van der Waals surface area contributed by atoms with Crippen molar-refractivity contribution >= 4 is 11.6 Å².